The molecule has 1 aliphatic carbocycles. The minimum atomic E-state index is -2.52. The Morgan fingerprint density at radius 1 is 1.52 bits per heavy atom. The van der Waals surface area contributed by atoms with Crippen LogP contribution in [0.15, 0.2) is 24.5 Å². The lowest BCUT2D eigenvalue weighted by Gasteiger charge is -2.12. The summed E-state index contributed by atoms with van der Waals surface area (Å²) in [5.41, 5.74) is 2.31. The van der Waals surface area contributed by atoms with Crippen LogP contribution in [0.5, 0.6) is 0 Å². The van der Waals surface area contributed by atoms with Crippen LogP contribution in [0.4, 0.5) is 19.3 Å². The van der Waals surface area contributed by atoms with Crippen LogP contribution in [-0.2, 0) is 0 Å². The Morgan fingerprint density at radius 2 is 2.35 bits per heavy atom. The van der Waals surface area contributed by atoms with Crippen LogP contribution < -0.4 is 10.6 Å². The van der Waals surface area contributed by atoms with Gasteiger partial charge in [0.15, 0.2) is 0 Å². The number of alkyl halides is 2. The number of aryl methyl sites for hydroxylation is 1. The summed E-state index contributed by atoms with van der Waals surface area (Å²) < 4.78 is 28.1. The molecule has 3 rings (SSSR count). The molecule has 0 radical (unpaired) electrons. The zero-order chi connectivity index (χ0) is 16.4. The Morgan fingerprint density at radius 3 is 3.09 bits per heavy atom. The van der Waals surface area contributed by atoms with Crippen molar-refractivity contribution in [1.82, 2.24) is 14.7 Å². The first-order chi connectivity index (χ1) is 10.9. The first-order valence-electron chi connectivity index (χ1n) is 7.79. The predicted octanol–water partition coefficient (Wildman–Crippen LogP) is 3.59. The van der Waals surface area contributed by atoms with Gasteiger partial charge in [0, 0.05) is 43.5 Å². The highest BCUT2D eigenvalue weighted by Crippen LogP contribution is 2.40. The van der Waals surface area contributed by atoms with Gasteiger partial charge in [-0.05, 0) is 31.7 Å². The highest BCUT2D eigenvalue weighted by molar-refractivity contribution is 5.89. The quantitative estimate of drug-likeness (QED) is 0.904. The summed E-state index contributed by atoms with van der Waals surface area (Å²) >= 11 is 0. The van der Waals surface area contributed by atoms with Crippen LogP contribution in [0.3, 0.4) is 0 Å². The Hall–Kier alpha value is -2.18. The van der Waals surface area contributed by atoms with E-state index in [1.54, 1.807) is 12.1 Å². The van der Waals surface area contributed by atoms with Crippen LogP contribution in [-0.4, -0.2) is 27.9 Å². The molecular formula is C16H20F2N4O. The fourth-order valence-electron chi connectivity index (χ4n) is 3.04. The summed E-state index contributed by atoms with van der Waals surface area (Å²) in [4.78, 5) is 16.2. The van der Waals surface area contributed by atoms with Crippen molar-refractivity contribution in [3.05, 3.63) is 30.2 Å². The lowest BCUT2D eigenvalue weighted by atomic mass is 10.0. The lowest BCUT2D eigenvalue weighted by molar-refractivity contribution is 0.00478. The maximum absolute atomic E-state index is 13.1. The highest BCUT2D eigenvalue weighted by atomic mass is 19.3. The number of hydrogen-bond donors (Lipinski definition) is 2. The zero-order valence-electron chi connectivity index (χ0n) is 13.0. The van der Waals surface area contributed by atoms with Gasteiger partial charge in [0.2, 0.25) is 5.92 Å². The Labute approximate surface area is 133 Å². The summed E-state index contributed by atoms with van der Waals surface area (Å²) in [6, 6.07) is 3.23. The number of hydrogen-bond acceptors (Lipinski definition) is 2. The van der Waals surface area contributed by atoms with E-state index in [2.05, 4.69) is 15.6 Å². The van der Waals surface area contributed by atoms with E-state index in [1.165, 1.54) is 0 Å². The number of nitrogens with one attached hydrogen (secondary N) is 2. The average molecular weight is 322 g/mol. The first-order valence-corrected chi connectivity index (χ1v) is 7.79. The van der Waals surface area contributed by atoms with Crippen molar-refractivity contribution in [2.24, 2.45) is 5.92 Å². The van der Waals surface area contributed by atoms with Crippen molar-refractivity contribution < 1.29 is 13.6 Å². The summed E-state index contributed by atoms with van der Waals surface area (Å²) in [6.45, 7) is 2.30. The average Bonchev–Trinajstić information content (AvgIpc) is 2.99. The van der Waals surface area contributed by atoms with E-state index in [-0.39, 0.29) is 24.8 Å². The summed E-state index contributed by atoms with van der Waals surface area (Å²) in [7, 11) is 0. The van der Waals surface area contributed by atoms with Gasteiger partial charge in [-0.1, -0.05) is 0 Å². The molecular weight excluding hydrogens is 302 g/mol. The van der Waals surface area contributed by atoms with Crippen molar-refractivity contribution >= 4 is 17.4 Å². The topological polar surface area (TPSA) is 58.4 Å². The number of pyridine rings is 1. The molecule has 2 heterocycles. The van der Waals surface area contributed by atoms with Gasteiger partial charge in [0.25, 0.3) is 0 Å². The van der Waals surface area contributed by atoms with Crippen LogP contribution in [0.2, 0.25) is 0 Å². The van der Waals surface area contributed by atoms with Gasteiger partial charge >= 0.3 is 6.03 Å². The second-order valence-corrected chi connectivity index (χ2v) is 6.20. The molecule has 0 saturated heterocycles. The number of rotatable bonds is 4. The number of halogens is 2. The molecule has 1 aliphatic rings. The fraction of sp³-hybridized carbons (Fsp3) is 0.500. The van der Waals surface area contributed by atoms with E-state index in [0.717, 1.165) is 11.3 Å². The molecule has 1 atom stereocenters. The fourth-order valence-corrected chi connectivity index (χ4v) is 3.04. The molecule has 23 heavy (non-hydrogen) atoms. The van der Waals surface area contributed by atoms with Gasteiger partial charge in [-0.25, -0.2) is 18.6 Å². The first kappa shape index (κ1) is 15.7. The maximum Gasteiger partial charge on any atom is 0.319 e. The molecule has 124 valence electrons. The molecule has 0 aromatic carbocycles. The number of anilines is 1. The minimum Gasteiger partial charge on any atom is -0.338 e. The van der Waals surface area contributed by atoms with E-state index in [4.69, 9.17) is 0 Å². The molecule has 0 spiro atoms. The van der Waals surface area contributed by atoms with E-state index in [0.29, 0.717) is 25.1 Å². The highest BCUT2D eigenvalue weighted by Gasteiger charge is 2.38. The molecule has 2 amide bonds. The van der Waals surface area contributed by atoms with Crippen LogP contribution >= 0.6 is 0 Å². The molecule has 0 aliphatic heterocycles. The predicted molar refractivity (Wildman–Crippen MR) is 83.9 cm³/mol. The number of amides is 2. The van der Waals surface area contributed by atoms with Gasteiger partial charge in [-0.15, -0.1) is 0 Å². The van der Waals surface area contributed by atoms with E-state index in [1.807, 2.05) is 23.7 Å². The van der Waals surface area contributed by atoms with Gasteiger partial charge in [0.1, 0.15) is 5.65 Å². The summed E-state index contributed by atoms with van der Waals surface area (Å²) in [5.74, 6) is -2.53. The lowest BCUT2D eigenvalue weighted by Crippen LogP contribution is -2.30. The summed E-state index contributed by atoms with van der Waals surface area (Å²) in [5, 5.41) is 5.45. The van der Waals surface area contributed by atoms with E-state index >= 15 is 0 Å². The van der Waals surface area contributed by atoms with Gasteiger partial charge in [0.05, 0.1) is 5.69 Å². The molecule has 2 aromatic heterocycles. The van der Waals surface area contributed by atoms with Crippen LogP contribution in [0, 0.1) is 12.8 Å². The zero-order valence-corrected chi connectivity index (χ0v) is 13.0. The second-order valence-electron chi connectivity index (χ2n) is 6.20. The van der Waals surface area contributed by atoms with Gasteiger partial charge in [-0.3, -0.25) is 0 Å². The largest absolute Gasteiger partial charge is 0.338 e. The van der Waals surface area contributed by atoms with Crippen molar-refractivity contribution in [1.29, 1.82) is 0 Å². The molecule has 7 heteroatoms. The van der Waals surface area contributed by atoms with Gasteiger partial charge in [-0.2, -0.15) is 0 Å². The SMILES string of the molecule is Cc1cn2ccc(NC(=O)NCCC3CCC(F)(F)C3)cc2n1. The van der Waals surface area contributed by atoms with Crippen molar-refractivity contribution in [3.63, 3.8) is 0 Å². The monoisotopic (exact) mass is 322 g/mol. The van der Waals surface area contributed by atoms with Crippen molar-refractivity contribution in [2.45, 2.75) is 38.5 Å². The normalized spacial score (nSPS) is 19.9. The molecule has 2 aromatic rings. The van der Waals surface area contributed by atoms with Crippen molar-refractivity contribution in [2.75, 3.05) is 11.9 Å². The number of carbonyl (C=O) groups excluding carboxylic acids is 1. The van der Waals surface area contributed by atoms with Gasteiger partial charge < -0.3 is 15.0 Å². The Kier molecular flexibility index (Phi) is 4.19. The van der Waals surface area contributed by atoms with Crippen molar-refractivity contribution in [3.8, 4) is 0 Å². The number of imidazole rings is 1. The number of carbonyl (C=O) groups is 1. The van der Waals surface area contributed by atoms with Crippen LogP contribution in [0.25, 0.3) is 5.65 Å². The maximum atomic E-state index is 13.1. The second kappa shape index (κ2) is 6.14. The smallest absolute Gasteiger partial charge is 0.319 e. The Bertz CT molecular complexity index is 713. The van der Waals surface area contributed by atoms with E-state index in [9.17, 15) is 13.6 Å². The summed E-state index contributed by atoms with van der Waals surface area (Å²) in [6.07, 6.45) is 4.75. The third kappa shape index (κ3) is 3.97. The number of urea groups is 1. The molecule has 1 unspecified atom stereocenters. The number of fused-ring (bicyclic) bond motifs is 1. The third-order valence-corrected chi connectivity index (χ3v) is 4.18. The number of nitrogens with zero attached hydrogens (tertiary/aromatic N) is 2. The van der Waals surface area contributed by atoms with E-state index < -0.39 is 5.92 Å². The molecule has 2 N–H and O–H groups in total. The molecule has 0 bridgehead atoms. The Balaban J connectivity index is 1.47. The molecule has 1 fully saturated rings. The standard InChI is InChI=1S/C16H20F2N4O/c1-11-10-22-7-4-13(8-14(22)20-11)21-15(23)19-6-3-12-2-5-16(17,18)9-12/h4,7-8,10,12H,2-3,5-6,9H2,1H3,(H2,19,21,23). The minimum absolute atomic E-state index is 0.00505. The number of aromatic nitrogens is 2. The third-order valence-electron chi connectivity index (χ3n) is 4.18. The van der Waals surface area contributed by atoms with Crippen LogP contribution in [0.1, 0.15) is 31.4 Å². The molecule has 5 nitrogen and oxygen atoms in total. The molecule has 1 saturated carbocycles.